The maximum absolute atomic E-state index is 3.39. The molecule has 3 aromatic rings. The van der Waals surface area contributed by atoms with Gasteiger partial charge in [-0.3, -0.25) is 0 Å². The third-order valence-corrected chi connectivity index (χ3v) is 8.24. The summed E-state index contributed by atoms with van der Waals surface area (Å²) in [6, 6.07) is 22.5. The summed E-state index contributed by atoms with van der Waals surface area (Å²) in [6.45, 7) is 4.53. The minimum Gasteiger partial charge on any atom is -0.0654 e. The van der Waals surface area contributed by atoms with Gasteiger partial charge in [-0.15, -0.1) is 0 Å². The fourth-order valence-corrected chi connectivity index (χ4v) is 5.97. The van der Waals surface area contributed by atoms with Crippen molar-refractivity contribution in [2.45, 2.75) is 110 Å². The predicted molar refractivity (Wildman–Crippen MR) is 158 cm³/mol. The van der Waals surface area contributed by atoms with E-state index in [1.807, 2.05) is 0 Å². The lowest BCUT2D eigenvalue weighted by atomic mass is 9.77. The van der Waals surface area contributed by atoms with Crippen LogP contribution < -0.4 is 0 Å². The van der Waals surface area contributed by atoms with E-state index in [0.29, 0.717) is 0 Å². The van der Waals surface area contributed by atoms with Crippen LogP contribution in [0.5, 0.6) is 0 Å². The van der Waals surface area contributed by atoms with Gasteiger partial charge in [-0.1, -0.05) is 120 Å². The molecule has 0 bridgehead atoms. The van der Waals surface area contributed by atoms with Gasteiger partial charge in [0.25, 0.3) is 0 Å². The van der Waals surface area contributed by atoms with Crippen LogP contribution in [-0.4, -0.2) is 0 Å². The highest BCUT2D eigenvalue weighted by molar-refractivity contribution is 5.84. The van der Waals surface area contributed by atoms with E-state index in [1.165, 1.54) is 105 Å². The molecule has 0 spiro atoms. The molecule has 0 aliphatic heterocycles. The Morgan fingerprint density at radius 1 is 0.611 bits per heavy atom. The van der Waals surface area contributed by atoms with Gasteiger partial charge in [0.1, 0.15) is 0 Å². The maximum Gasteiger partial charge on any atom is 0.0255 e. The number of hydrogen-bond donors (Lipinski definition) is 0. The maximum atomic E-state index is 3.39. The summed E-state index contributed by atoms with van der Waals surface area (Å²) in [7, 11) is 0. The average molecular weight is 479 g/mol. The van der Waals surface area contributed by atoms with Gasteiger partial charge in [0.15, 0.2) is 0 Å². The van der Waals surface area contributed by atoms with Gasteiger partial charge >= 0.3 is 0 Å². The molecule has 0 aromatic heterocycles. The standard InChI is InChI=1S/C36H46/c1-3-5-6-7-8-9-10-12-29-15-21-33(22-16-29)34-23-17-30(18-24-34)13-14-32-20-26-35-27-31(11-4-2)19-25-36(35)28-32/h17-20,23-29,33H,3-12,15-16,21-22H2,1-2H3. The number of rotatable bonds is 11. The van der Waals surface area contributed by atoms with Crippen LogP contribution in [0.25, 0.3) is 10.8 Å². The summed E-state index contributed by atoms with van der Waals surface area (Å²) in [5, 5.41) is 2.59. The zero-order valence-electron chi connectivity index (χ0n) is 22.8. The Labute approximate surface area is 220 Å². The summed E-state index contributed by atoms with van der Waals surface area (Å²) in [4.78, 5) is 0. The van der Waals surface area contributed by atoms with E-state index in [-0.39, 0.29) is 0 Å². The Morgan fingerprint density at radius 2 is 1.25 bits per heavy atom. The molecule has 4 rings (SSSR count). The van der Waals surface area contributed by atoms with E-state index in [4.69, 9.17) is 0 Å². The predicted octanol–water partition coefficient (Wildman–Crippen LogP) is 10.6. The molecule has 1 fully saturated rings. The monoisotopic (exact) mass is 478 g/mol. The minimum absolute atomic E-state index is 0.746. The Kier molecular flexibility index (Phi) is 10.5. The number of hydrogen-bond acceptors (Lipinski definition) is 0. The van der Waals surface area contributed by atoms with Crippen molar-refractivity contribution in [3.8, 4) is 11.8 Å². The molecule has 190 valence electrons. The second kappa shape index (κ2) is 14.3. The van der Waals surface area contributed by atoms with E-state index >= 15 is 0 Å². The molecule has 0 heterocycles. The molecular weight excluding hydrogens is 432 g/mol. The summed E-state index contributed by atoms with van der Waals surface area (Å²) >= 11 is 0. The molecule has 0 radical (unpaired) electrons. The first-order valence-corrected chi connectivity index (χ1v) is 14.9. The molecule has 0 atom stereocenters. The molecule has 3 aromatic carbocycles. The van der Waals surface area contributed by atoms with Crippen LogP contribution in [0.1, 0.15) is 125 Å². The molecule has 0 unspecified atom stereocenters. The smallest absolute Gasteiger partial charge is 0.0255 e. The Balaban J connectivity index is 1.24. The highest BCUT2D eigenvalue weighted by Gasteiger charge is 2.21. The van der Waals surface area contributed by atoms with Crippen molar-refractivity contribution in [1.82, 2.24) is 0 Å². The second-order valence-corrected chi connectivity index (χ2v) is 11.1. The summed E-state index contributed by atoms with van der Waals surface area (Å²) in [5.41, 5.74) is 5.15. The van der Waals surface area contributed by atoms with E-state index < -0.39 is 0 Å². The second-order valence-electron chi connectivity index (χ2n) is 11.1. The van der Waals surface area contributed by atoms with Crippen molar-refractivity contribution in [3.63, 3.8) is 0 Å². The van der Waals surface area contributed by atoms with Gasteiger partial charge in [0.2, 0.25) is 0 Å². The SMILES string of the molecule is CCCCCCCCCC1CCC(c2ccc(C#Cc3ccc4cc(CCC)ccc4c3)cc2)CC1. The van der Waals surface area contributed by atoms with Gasteiger partial charge in [-0.25, -0.2) is 0 Å². The molecular formula is C36H46. The van der Waals surface area contributed by atoms with E-state index in [1.54, 1.807) is 0 Å². The van der Waals surface area contributed by atoms with Gasteiger partial charge in [0, 0.05) is 11.1 Å². The lowest BCUT2D eigenvalue weighted by Gasteiger charge is -2.29. The van der Waals surface area contributed by atoms with Crippen molar-refractivity contribution >= 4 is 10.8 Å². The van der Waals surface area contributed by atoms with Crippen LogP contribution in [0.3, 0.4) is 0 Å². The van der Waals surface area contributed by atoms with Crippen LogP contribution in [-0.2, 0) is 6.42 Å². The lowest BCUT2D eigenvalue weighted by Crippen LogP contribution is -2.13. The van der Waals surface area contributed by atoms with E-state index in [0.717, 1.165) is 29.4 Å². The van der Waals surface area contributed by atoms with Crippen molar-refractivity contribution in [2.75, 3.05) is 0 Å². The third kappa shape index (κ3) is 8.00. The van der Waals surface area contributed by atoms with E-state index in [9.17, 15) is 0 Å². The Hall–Kier alpha value is -2.52. The van der Waals surface area contributed by atoms with E-state index in [2.05, 4.69) is 86.4 Å². The molecule has 0 amide bonds. The van der Waals surface area contributed by atoms with Crippen LogP contribution in [0.4, 0.5) is 0 Å². The third-order valence-electron chi connectivity index (χ3n) is 8.24. The quantitative estimate of drug-likeness (QED) is 0.190. The molecule has 0 nitrogen and oxygen atoms in total. The first-order valence-electron chi connectivity index (χ1n) is 14.9. The molecule has 0 heteroatoms. The Bertz CT molecular complexity index is 1120. The lowest BCUT2D eigenvalue weighted by molar-refractivity contribution is 0.302. The van der Waals surface area contributed by atoms with Crippen LogP contribution in [0, 0.1) is 17.8 Å². The first-order chi connectivity index (χ1) is 17.7. The highest BCUT2D eigenvalue weighted by atomic mass is 14.3. The van der Waals surface area contributed by atoms with Crippen molar-refractivity contribution < 1.29 is 0 Å². The molecule has 1 aliphatic carbocycles. The van der Waals surface area contributed by atoms with Crippen molar-refractivity contribution in [2.24, 2.45) is 5.92 Å². The van der Waals surface area contributed by atoms with Crippen molar-refractivity contribution in [1.29, 1.82) is 0 Å². The number of aryl methyl sites for hydroxylation is 1. The zero-order chi connectivity index (χ0) is 25.0. The molecule has 1 aliphatic rings. The fraction of sp³-hybridized carbons (Fsp3) is 0.500. The summed E-state index contributed by atoms with van der Waals surface area (Å²) in [5.74, 6) is 8.50. The fourth-order valence-electron chi connectivity index (χ4n) is 5.97. The van der Waals surface area contributed by atoms with Crippen LogP contribution in [0.2, 0.25) is 0 Å². The minimum atomic E-state index is 0.746. The van der Waals surface area contributed by atoms with Gasteiger partial charge < -0.3 is 0 Å². The van der Waals surface area contributed by atoms with Crippen molar-refractivity contribution in [3.05, 3.63) is 82.9 Å². The van der Waals surface area contributed by atoms with Gasteiger partial charge in [-0.05, 0) is 90.1 Å². The van der Waals surface area contributed by atoms with Crippen LogP contribution in [0.15, 0.2) is 60.7 Å². The highest BCUT2D eigenvalue weighted by Crippen LogP contribution is 2.37. The molecule has 1 saturated carbocycles. The number of benzene rings is 3. The first kappa shape index (κ1) is 26.5. The summed E-state index contributed by atoms with van der Waals surface area (Å²) in [6.07, 6.45) is 19.4. The normalized spacial score (nSPS) is 17.6. The van der Waals surface area contributed by atoms with Gasteiger partial charge in [-0.2, -0.15) is 0 Å². The largest absolute Gasteiger partial charge is 0.0654 e. The topological polar surface area (TPSA) is 0 Å². The molecule has 0 saturated heterocycles. The molecule has 36 heavy (non-hydrogen) atoms. The van der Waals surface area contributed by atoms with Gasteiger partial charge in [0.05, 0.1) is 0 Å². The zero-order valence-corrected chi connectivity index (χ0v) is 22.8. The molecule has 0 N–H and O–H groups in total. The number of fused-ring (bicyclic) bond motifs is 1. The average Bonchev–Trinajstić information content (AvgIpc) is 2.92. The Morgan fingerprint density at radius 3 is 2.00 bits per heavy atom. The summed E-state index contributed by atoms with van der Waals surface area (Å²) < 4.78 is 0. The van der Waals surface area contributed by atoms with Crippen LogP contribution >= 0.6 is 0 Å². The number of unbranched alkanes of at least 4 members (excludes halogenated alkanes) is 6.